The van der Waals surface area contributed by atoms with Crippen LogP contribution in [0.5, 0.6) is 0 Å². The summed E-state index contributed by atoms with van der Waals surface area (Å²) < 4.78 is 31.5. The van der Waals surface area contributed by atoms with Gasteiger partial charge in [-0.2, -0.15) is 8.42 Å². The summed E-state index contributed by atoms with van der Waals surface area (Å²) in [5, 5.41) is 8.48. The first-order valence-electron chi connectivity index (χ1n) is 4.29. The van der Waals surface area contributed by atoms with Gasteiger partial charge in [0.2, 0.25) is 5.13 Å². The van der Waals surface area contributed by atoms with Crippen LogP contribution in [0.3, 0.4) is 0 Å². The average molecular weight is 292 g/mol. The molecule has 17 heavy (non-hydrogen) atoms. The van der Waals surface area contributed by atoms with Gasteiger partial charge in [0.1, 0.15) is 5.01 Å². The third-order valence-corrected chi connectivity index (χ3v) is 3.45. The van der Waals surface area contributed by atoms with Gasteiger partial charge < -0.3 is 0 Å². The van der Waals surface area contributed by atoms with Crippen LogP contribution in [0, 0.1) is 0 Å². The molecule has 9 heteroatoms. The monoisotopic (exact) mass is 291 g/mol. The third kappa shape index (κ3) is 3.37. The summed E-state index contributed by atoms with van der Waals surface area (Å²) in [6.45, 7) is 0. The van der Waals surface area contributed by atoms with Gasteiger partial charge in [-0.15, -0.1) is 10.2 Å². The SMILES string of the molecule is O=S(=O)(O)Nc1nnc(-c2ccc(Cl)cc2)s1. The molecule has 1 aromatic heterocycles. The molecule has 0 aliphatic heterocycles. The van der Waals surface area contributed by atoms with E-state index in [4.69, 9.17) is 16.2 Å². The van der Waals surface area contributed by atoms with Crippen LogP contribution in [0.1, 0.15) is 0 Å². The van der Waals surface area contributed by atoms with Crippen LogP contribution in [0.2, 0.25) is 5.02 Å². The van der Waals surface area contributed by atoms with Crippen LogP contribution in [0.4, 0.5) is 5.13 Å². The van der Waals surface area contributed by atoms with E-state index in [1.165, 1.54) is 0 Å². The van der Waals surface area contributed by atoms with Crippen LogP contribution in [0.25, 0.3) is 10.6 Å². The van der Waals surface area contributed by atoms with Crippen molar-refractivity contribution >= 4 is 38.4 Å². The summed E-state index contributed by atoms with van der Waals surface area (Å²) in [6.07, 6.45) is 0. The van der Waals surface area contributed by atoms with Crippen LogP contribution in [-0.4, -0.2) is 23.2 Å². The summed E-state index contributed by atoms with van der Waals surface area (Å²) in [6, 6.07) is 6.85. The zero-order valence-electron chi connectivity index (χ0n) is 8.16. The van der Waals surface area contributed by atoms with Crippen molar-refractivity contribution in [3.63, 3.8) is 0 Å². The summed E-state index contributed by atoms with van der Waals surface area (Å²) in [4.78, 5) is 0. The smallest absolute Gasteiger partial charge is 0.269 e. The minimum atomic E-state index is -4.32. The zero-order chi connectivity index (χ0) is 12.5. The Morgan fingerprint density at radius 3 is 2.47 bits per heavy atom. The van der Waals surface area contributed by atoms with Crippen molar-refractivity contribution in [3.8, 4) is 10.6 Å². The molecule has 0 saturated heterocycles. The minimum Gasteiger partial charge on any atom is -0.269 e. The second-order valence-electron chi connectivity index (χ2n) is 3.00. The van der Waals surface area contributed by atoms with Crippen molar-refractivity contribution < 1.29 is 13.0 Å². The van der Waals surface area contributed by atoms with Crippen molar-refractivity contribution in [1.82, 2.24) is 10.2 Å². The Balaban J connectivity index is 2.27. The molecule has 0 unspecified atom stereocenters. The highest BCUT2D eigenvalue weighted by Gasteiger charge is 2.11. The Morgan fingerprint density at radius 2 is 1.88 bits per heavy atom. The molecule has 0 aliphatic carbocycles. The first kappa shape index (κ1) is 12.2. The molecule has 1 aromatic carbocycles. The van der Waals surface area contributed by atoms with E-state index in [0.717, 1.165) is 16.9 Å². The van der Waals surface area contributed by atoms with Gasteiger partial charge in [-0.25, -0.2) is 4.72 Å². The molecule has 0 aliphatic rings. The fourth-order valence-corrected chi connectivity index (χ4v) is 2.55. The van der Waals surface area contributed by atoms with Crippen molar-refractivity contribution in [3.05, 3.63) is 29.3 Å². The van der Waals surface area contributed by atoms with E-state index in [9.17, 15) is 8.42 Å². The predicted octanol–water partition coefficient (Wildman–Crippen LogP) is 2.07. The molecule has 6 nitrogen and oxygen atoms in total. The van der Waals surface area contributed by atoms with Gasteiger partial charge in [0.05, 0.1) is 0 Å². The minimum absolute atomic E-state index is 0.00236. The Kier molecular flexibility index (Phi) is 3.29. The molecule has 90 valence electrons. The number of rotatable bonds is 3. The third-order valence-electron chi connectivity index (χ3n) is 1.73. The molecule has 0 fully saturated rings. The summed E-state index contributed by atoms with van der Waals surface area (Å²) in [5.74, 6) is 0. The second-order valence-corrected chi connectivity index (χ2v) is 5.56. The Labute approximate surface area is 106 Å². The maximum absolute atomic E-state index is 10.6. The maximum atomic E-state index is 10.6. The van der Waals surface area contributed by atoms with Gasteiger partial charge in [-0.1, -0.05) is 35.1 Å². The average Bonchev–Trinajstić information content (AvgIpc) is 2.64. The van der Waals surface area contributed by atoms with E-state index in [-0.39, 0.29) is 5.13 Å². The van der Waals surface area contributed by atoms with E-state index in [1.807, 2.05) is 4.72 Å². The first-order valence-corrected chi connectivity index (χ1v) is 6.92. The van der Waals surface area contributed by atoms with Gasteiger partial charge in [0.25, 0.3) is 0 Å². The lowest BCUT2D eigenvalue weighted by Gasteiger charge is -1.95. The molecular weight excluding hydrogens is 286 g/mol. The molecule has 0 atom stereocenters. The van der Waals surface area contributed by atoms with E-state index in [1.54, 1.807) is 24.3 Å². The van der Waals surface area contributed by atoms with Crippen LogP contribution in [0.15, 0.2) is 24.3 Å². The number of hydrogen-bond donors (Lipinski definition) is 2. The lowest BCUT2D eigenvalue weighted by atomic mass is 10.2. The van der Waals surface area contributed by atoms with E-state index in [2.05, 4.69) is 10.2 Å². The highest BCUT2D eigenvalue weighted by molar-refractivity contribution is 7.87. The van der Waals surface area contributed by atoms with E-state index >= 15 is 0 Å². The van der Waals surface area contributed by atoms with Crippen molar-refractivity contribution in [2.45, 2.75) is 0 Å². The molecule has 0 radical (unpaired) electrons. The van der Waals surface area contributed by atoms with Crippen LogP contribution < -0.4 is 4.72 Å². The lowest BCUT2D eigenvalue weighted by Crippen LogP contribution is -2.09. The van der Waals surface area contributed by atoms with Crippen molar-refractivity contribution in [2.75, 3.05) is 4.72 Å². The number of halogens is 1. The van der Waals surface area contributed by atoms with E-state index < -0.39 is 10.3 Å². The maximum Gasteiger partial charge on any atom is 0.359 e. The van der Waals surface area contributed by atoms with Gasteiger partial charge in [-0.3, -0.25) is 4.55 Å². The Bertz CT molecular complexity index is 624. The molecule has 0 bridgehead atoms. The number of nitrogens with one attached hydrogen (secondary N) is 1. The summed E-state index contributed by atoms with van der Waals surface area (Å²) in [5.41, 5.74) is 0.760. The molecule has 0 spiro atoms. The molecule has 2 rings (SSSR count). The number of hydrogen-bond acceptors (Lipinski definition) is 5. The van der Waals surface area contributed by atoms with Gasteiger partial charge in [0, 0.05) is 10.6 Å². The highest BCUT2D eigenvalue weighted by Crippen LogP contribution is 2.27. The quantitative estimate of drug-likeness (QED) is 0.845. The zero-order valence-corrected chi connectivity index (χ0v) is 10.6. The highest BCUT2D eigenvalue weighted by atomic mass is 35.5. The molecule has 1 heterocycles. The largest absolute Gasteiger partial charge is 0.359 e. The topological polar surface area (TPSA) is 92.2 Å². The van der Waals surface area contributed by atoms with Crippen LogP contribution >= 0.6 is 22.9 Å². The van der Waals surface area contributed by atoms with Gasteiger partial charge >= 0.3 is 10.3 Å². The number of benzene rings is 1. The fraction of sp³-hybridized carbons (Fsp3) is 0. The molecule has 2 aromatic rings. The summed E-state index contributed by atoms with van der Waals surface area (Å²) >= 11 is 6.74. The van der Waals surface area contributed by atoms with Gasteiger partial charge in [0.15, 0.2) is 0 Å². The summed E-state index contributed by atoms with van der Waals surface area (Å²) in [7, 11) is -4.32. The second kappa shape index (κ2) is 4.57. The Hall–Kier alpha value is -1.22. The first-order chi connectivity index (χ1) is 7.94. The molecular formula is C8H6ClN3O3S2. The lowest BCUT2D eigenvalue weighted by molar-refractivity contribution is 0.489. The van der Waals surface area contributed by atoms with Crippen molar-refractivity contribution in [1.29, 1.82) is 0 Å². The number of nitrogens with zero attached hydrogens (tertiary/aromatic N) is 2. The van der Waals surface area contributed by atoms with Crippen molar-refractivity contribution in [2.24, 2.45) is 0 Å². The molecule has 0 saturated carbocycles. The molecule has 2 N–H and O–H groups in total. The fourth-order valence-electron chi connectivity index (χ4n) is 1.08. The van der Waals surface area contributed by atoms with E-state index in [0.29, 0.717) is 10.0 Å². The van der Waals surface area contributed by atoms with Crippen LogP contribution in [-0.2, 0) is 10.3 Å². The number of anilines is 1. The Morgan fingerprint density at radius 1 is 1.24 bits per heavy atom. The molecule has 0 amide bonds. The standard InChI is InChI=1S/C8H6ClN3O3S2/c9-6-3-1-5(2-4-6)7-10-11-8(16-7)12-17(13,14)15/h1-4H,(H,11,12)(H,13,14,15). The number of aromatic nitrogens is 2. The normalized spacial score (nSPS) is 11.4. The van der Waals surface area contributed by atoms with Gasteiger partial charge in [-0.05, 0) is 12.1 Å². The predicted molar refractivity (Wildman–Crippen MR) is 65.5 cm³/mol.